The molecule has 0 unspecified atom stereocenters. The molecule has 0 saturated carbocycles. The van der Waals surface area contributed by atoms with Gasteiger partial charge in [0.05, 0.1) is 16.9 Å². The Morgan fingerprint density at radius 2 is 1.86 bits per heavy atom. The van der Waals surface area contributed by atoms with Crippen LogP contribution >= 0.6 is 0 Å². The number of carbonyl (C=O) groups is 1. The van der Waals surface area contributed by atoms with Crippen LogP contribution in [0, 0.1) is 0 Å². The fourth-order valence-electron chi connectivity index (χ4n) is 3.30. The Kier molecular flexibility index (Phi) is 4.54. The molecule has 2 amide bonds. The molecule has 0 radical (unpaired) electrons. The van der Waals surface area contributed by atoms with Crippen molar-refractivity contribution in [3.8, 4) is 5.69 Å². The fraction of sp³-hybridized carbons (Fsp3) is 0.200. The molecule has 8 heteroatoms. The maximum absolute atomic E-state index is 13.6. The van der Waals surface area contributed by atoms with Gasteiger partial charge >= 0.3 is 12.2 Å². The van der Waals surface area contributed by atoms with Gasteiger partial charge in [0.25, 0.3) is 0 Å². The molecule has 1 aliphatic heterocycles. The van der Waals surface area contributed by atoms with Crippen molar-refractivity contribution in [2.75, 3.05) is 11.9 Å². The van der Waals surface area contributed by atoms with E-state index in [1.165, 1.54) is 27.9 Å². The second-order valence-corrected chi connectivity index (χ2v) is 6.55. The minimum Gasteiger partial charge on any atom is -0.320 e. The number of carbonyl (C=O) groups excluding carboxylic acids is 1. The topological polar surface area (TPSA) is 50.2 Å². The largest absolute Gasteiger partial charge is 0.418 e. The van der Waals surface area contributed by atoms with Crippen LogP contribution < -0.4 is 5.32 Å². The van der Waals surface area contributed by atoms with Crippen LogP contribution in [-0.4, -0.2) is 27.3 Å². The minimum absolute atomic E-state index is 0.266. The van der Waals surface area contributed by atoms with Gasteiger partial charge in [-0.15, -0.1) is 0 Å². The summed E-state index contributed by atoms with van der Waals surface area (Å²) in [5.41, 5.74) is 1.25. The second kappa shape index (κ2) is 7.03. The standard InChI is InChI=1S/C20H17F3N4O/c21-20(22,23)17-12-16(27-10-3-9-24-27)6-7-18(17)25-19(28)26-11-8-14-4-1-2-5-15(14)13-26/h1-7,9-10,12H,8,11,13H2,(H,25,28). The van der Waals surface area contributed by atoms with Gasteiger partial charge in [0.1, 0.15) is 0 Å². The third-order valence-corrected chi connectivity index (χ3v) is 4.74. The van der Waals surface area contributed by atoms with E-state index in [9.17, 15) is 18.0 Å². The van der Waals surface area contributed by atoms with Crippen LogP contribution in [0.25, 0.3) is 5.69 Å². The molecule has 2 heterocycles. The molecule has 0 fully saturated rings. The molecule has 4 rings (SSSR count). The normalized spacial score (nSPS) is 13.9. The number of amides is 2. The van der Waals surface area contributed by atoms with Crippen molar-refractivity contribution < 1.29 is 18.0 Å². The summed E-state index contributed by atoms with van der Waals surface area (Å²) >= 11 is 0. The monoisotopic (exact) mass is 386 g/mol. The number of benzene rings is 2. The van der Waals surface area contributed by atoms with Crippen LogP contribution in [0.1, 0.15) is 16.7 Å². The minimum atomic E-state index is -4.61. The van der Waals surface area contributed by atoms with E-state index < -0.39 is 17.8 Å². The first-order valence-electron chi connectivity index (χ1n) is 8.76. The third-order valence-electron chi connectivity index (χ3n) is 4.74. The van der Waals surface area contributed by atoms with Crippen LogP contribution in [0.15, 0.2) is 60.9 Å². The van der Waals surface area contributed by atoms with Crippen molar-refractivity contribution in [2.24, 2.45) is 0 Å². The number of nitrogens with zero attached hydrogens (tertiary/aromatic N) is 3. The Hall–Kier alpha value is -3.29. The molecule has 5 nitrogen and oxygen atoms in total. The summed E-state index contributed by atoms with van der Waals surface area (Å²) in [5.74, 6) is 0. The predicted octanol–water partition coefficient (Wildman–Crippen LogP) is 4.48. The van der Waals surface area contributed by atoms with E-state index in [4.69, 9.17) is 0 Å². The molecule has 28 heavy (non-hydrogen) atoms. The van der Waals surface area contributed by atoms with E-state index in [-0.39, 0.29) is 11.4 Å². The molecule has 1 N–H and O–H groups in total. The van der Waals surface area contributed by atoms with Crippen molar-refractivity contribution >= 4 is 11.7 Å². The van der Waals surface area contributed by atoms with Gasteiger partial charge in [0.2, 0.25) is 0 Å². The lowest BCUT2D eigenvalue weighted by molar-refractivity contribution is -0.136. The molecular formula is C20H17F3N4O. The first-order chi connectivity index (χ1) is 13.4. The Morgan fingerprint density at radius 3 is 2.57 bits per heavy atom. The van der Waals surface area contributed by atoms with Gasteiger partial charge in [-0.25, -0.2) is 9.48 Å². The van der Waals surface area contributed by atoms with E-state index in [0.717, 1.165) is 17.2 Å². The van der Waals surface area contributed by atoms with Crippen molar-refractivity contribution in [2.45, 2.75) is 19.1 Å². The fourth-order valence-corrected chi connectivity index (χ4v) is 3.30. The van der Waals surface area contributed by atoms with Gasteiger partial charge in [-0.1, -0.05) is 24.3 Å². The number of anilines is 1. The Bertz CT molecular complexity index is 999. The zero-order chi connectivity index (χ0) is 19.7. The summed E-state index contributed by atoms with van der Waals surface area (Å²) in [4.78, 5) is 14.1. The molecule has 0 saturated heterocycles. The molecular weight excluding hydrogens is 369 g/mol. The quantitative estimate of drug-likeness (QED) is 0.706. The summed E-state index contributed by atoms with van der Waals surface area (Å²) in [6.07, 6.45) is -0.899. The van der Waals surface area contributed by atoms with Crippen LogP contribution in [0.4, 0.5) is 23.7 Å². The number of hydrogen-bond acceptors (Lipinski definition) is 2. The van der Waals surface area contributed by atoms with E-state index in [1.54, 1.807) is 12.3 Å². The van der Waals surface area contributed by atoms with E-state index in [1.807, 2.05) is 24.3 Å². The highest BCUT2D eigenvalue weighted by Crippen LogP contribution is 2.36. The smallest absolute Gasteiger partial charge is 0.320 e. The van der Waals surface area contributed by atoms with Crippen molar-refractivity contribution in [1.29, 1.82) is 0 Å². The third kappa shape index (κ3) is 3.58. The Labute approximate surface area is 159 Å². The maximum atomic E-state index is 13.6. The van der Waals surface area contributed by atoms with Crippen molar-refractivity contribution in [1.82, 2.24) is 14.7 Å². The summed E-state index contributed by atoms with van der Waals surface area (Å²) in [7, 11) is 0. The van der Waals surface area contributed by atoms with Gasteiger partial charge in [0.15, 0.2) is 0 Å². The zero-order valence-corrected chi connectivity index (χ0v) is 14.8. The number of aromatic nitrogens is 2. The SMILES string of the molecule is O=C(Nc1ccc(-n2cccn2)cc1C(F)(F)F)N1CCc2ccccc2C1. The van der Waals surface area contributed by atoms with Crippen molar-refractivity contribution in [3.05, 3.63) is 77.6 Å². The van der Waals surface area contributed by atoms with Gasteiger partial charge in [-0.3, -0.25) is 0 Å². The Balaban J connectivity index is 1.58. The summed E-state index contributed by atoms with van der Waals surface area (Å²) in [6, 6.07) is 12.5. The van der Waals surface area contributed by atoms with E-state index in [0.29, 0.717) is 19.5 Å². The molecule has 0 bridgehead atoms. The average Bonchev–Trinajstić information content (AvgIpc) is 3.22. The highest BCUT2D eigenvalue weighted by Gasteiger charge is 2.35. The Morgan fingerprint density at radius 1 is 1.07 bits per heavy atom. The van der Waals surface area contributed by atoms with E-state index >= 15 is 0 Å². The van der Waals surface area contributed by atoms with E-state index in [2.05, 4.69) is 10.4 Å². The lowest BCUT2D eigenvalue weighted by Crippen LogP contribution is -2.39. The molecule has 0 spiro atoms. The molecule has 2 aromatic carbocycles. The van der Waals surface area contributed by atoms with Gasteiger partial charge in [-0.2, -0.15) is 18.3 Å². The number of alkyl halides is 3. The molecule has 144 valence electrons. The van der Waals surface area contributed by atoms with Crippen LogP contribution in [-0.2, 0) is 19.1 Å². The van der Waals surface area contributed by atoms with Crippen LogP contribution in [0.3, 0.4) is 0 Å². The number of rotatable bonds is 2. The predicted molar refractivity (Wildman–Crippen MR) is 98.1 cm³/mol. The molecule has 0 aliphatic carbocycles. The zero-order valence-electron chi connectivity index (χ0n) is 14.8. The first kappa shape index (κ1) is 18.1. The number of fused-ring (bicyclic) bond motifs is 1. The summed E-state index contributed by atoms with van der Waals surface area (Å²) in [5, 5.41) is 6.38. The lowest BCUT2D eigenvalue weighted by Gasteiger charge is -2.29. The highest BCUT2D eigenvalue weighted by molar-refractivity contribution is 5.90. The average molecular weight is 386 g/mol. The van der Waals surface area contributed by atoms with Gasteiger partial charge in [-0.05, 0) is 41.8 Å². The second-order valence-electron chi connectivity index (χ2n) is 6.55. The van der Waals surface area contributed by atoms with Crippen LogP contribution in [0.2, 0.25) is 0 Å². The summed E-state index contributed by atoms with van der Waals surface area (Å²) in [6.45, 7) is 0.824. The van der Waals surface area contributed by atoms with Crippen molar-refractivity contribution in [3.63, 3.8) is 0 Å². The number of urea groups is 1. The number of hydrogen-bond donors (Lipinski definition) is 1. The number of nitrogens with one attached hydrogen (secondary N) is 1. The van der Waals surface area contributed by atoms with Crippen LogP contribution in [0.5, 0.6) is 0 Å². The lowest BCUT2D eigenvalue weighted by atomic mass is 10.0. The molecule has 3 aromatic rings. The molecule has 1 aromatic heterocycles. The van der Waals surface area contributed by atoms with Gasteiger partial charge in [0, 0.05) is 25.5 Å². The molecule has 0 atom stereocenters. The maximum Gasteiger partial charge on any atom is 0.418 e. The number of halogens is 3. The first-order valence-corrected chi connectivity index (χ1v) is 8.76. The summed E-state index contributed by atoms with van der Waals surface area (Å²) < 4.78 is 42.0. The molecule has 1 aliphatic rings. The van der Waals surface area contributed by atoms with Gasteiger partial charge < -0.3 is 10.2 Å². The highest BCUT2D eigenvalue weighted by atomic mass is 19.4.